The van der Waals surface area contributed by atoms with Crippen LogP contribution in [0.1, 0.15) is 60.5 Å². The van der Waals surface area contributed by atoms with Crippen LogP contribution in [-0.4, -0.2) is 33.5 Å². The molecular weight excluding hydrogens is 412 g/mol. The molecule has 6 nitrogen and oxygen atoms in total. The second-order valence-electron chi connectivity index (χ2n) is 8.02. The quantitative estimate of drug-likeness (QED) is 0.613. The molecule has 0 atom stereocenters. The van der Waals surface area contributed by atoms with Crippen LogP contribution >= 0.6 is 0 Å². The molecule has 31 heavy (non-hydrogen) atoms. The zero-order chi connectivity index (χ0) is 22.3. The van der Waals surface area contributed by atoms with E-state index in [0.29, 0.717) is 25.1 Å². The minimum Gasteiger partial charge on any atom is -0.494 e. The Morgan fingerprint density at radius 2 is 1.77 bits per heavy atom. The van der Waals surface area contributed by atoms with E-state index < -0.39 is 10.0 Å². The fourth-order valence-corrected chi connectivity index (χ4v) is 5.18. The first-order valence-electron chi connectivity index (χ1n) is 11.0. The fraction of sp³-hybridized carbons (Fsp3) is 0.458. The van der Waals surface area contributed by atoms with Crippen molar-refractivity contribution in [1.29, 1.82) is 0 Å². The highest BCUT2D eigenvalue weighted by Gasteiger charge is 2.21. The summed E-state index contributed by atoms with van der Waals surface area (Å²) < 4.78 is 33.5. The number of ether oxygens (including phenoxy) is 1. The third-order valence-electron chi connectivity index (χ3n) is 5.60. The molecule has 3 rings (SSSR count). The van der Waals surface area contributed by atoms with E-state index in [2.05, 4.69) is 10.0 Å². The molecule has 7 heteroatoms. The minimum absolute atomic E-state index is 0.0416. The number of sulfonamides is 1. The predicted molar refractivity (Wildman–Crippen MR) is 122 cm³/mol. The van der Waals surface area contributed by atoms with Gasteiger partial charge in [0.2, 0.25) is 10.0 Å². The minimum atomic E-state index is -3.49. The Hall–Kier alpha value is -2.38. The number of rotatable bonds is 9. The number of hydrogen-bond donors (Lipinski definition) is 2. The highest BCUT2D eigenvalue weighted by molar-refractivity contribution is 7.89. The van der Waals surface area contributed by atoms with E-state index in [9.17, 15) is 13.2 Å². The Kier molecular flexibility index (Phi) is 8.09. The van der Waals surface area contributed by atoms with E-state index in [-0.39, 0.29) is 16.8 Å². The molecule has 1 fully saturated rings. The van der Waals surface area contributed by atoms with Crippen molar-refractivity contribution in [2.24, 2.45) is 0 Å². The summed E-state index contributed by atoms with van der Waals surface area (Å²) >= 11 is 0. The zero-order valence-corrected chi connectivity index (χ0v) is 19.1. The van der Waals surface area contributed by atoms with Gasteiger partial charge in [-0.05, 0) is 74.6 Å². The summed E-state index contributed by atoms with van der Waals surface area (Å²) in [5.41, 5.74) is 2.49. The fourth-order valence-electron chi connectivity index (χ4n) is 3.87. The lowest BCUT2D eigenvalue weighted by Crippen LogP contribution is -2.36. The van der Waals surface area contributed by atoms with E-state index in [1.807, 2.05) is 38.1 Å². The number of benzene rings is 2. The summed E-state index contributed by atoms with van der Waals surface area (Å²) in [5, 5.41) is 2.91. The van der Waals surface area contributed by atoms with Gasteiger partial charge in [-0.2, -0.15) is 0 Å². The molecule has 0 spiro atoms. The highest BCUT2D eigenvalue weighted by Crippen LogP contribution is 2.21. The number of carbonyl (C=O) groups excluding carboxylic acids is 1. The van der Waals surface area contributed by atoms with E-state index >= 15 is 0 Å². The molecule has 1 aliphatic carbocycles. The Morgan fingerprint density at radius 1 is 1.06 bits per heavy atom. The molecule has 0 unspecified atom stereocenters. The van der Waals surface area contributed by atoms with Gasteiger partial charge in [-0.1, -0.05) is 31.4 Å². The van der Waals surface area contributed by atoms with Gasteiger partial charge in [0.15, 0.2) is 0 Å². The number of nitrogens with one attached hydrogen (secondary N) is 2. The summed E-state index contributed by atoms with van der Waals surface area (Å²) in [5.74, 6) is 0.647. The molecule has 1 saturated carbocycles. The van der Waals surface area contributed by atoms with Gasteiger partial charge in [0.1, 0.15) is 5.75 Å². The highest BCUT2D eigenvalue weighted by atomic mass is 32.2. The standard InChI is InChI=1S/C24H32N2O4S/c1-3-30-23-14-11-20(17-18(23)2)24(27)25-16-15-19-9-12-22(13-10-19)31(28,29)26-21-7-5-4-6-8-21/h9-14,17,21,26H,3-8,15-16H2,1-2H3,(H,25,27). The second-order valence-corrected chi connectivity index (χ2v) is 9.73. The third-order valence-corrected chi connectivity index (χ3v) is 7.13. The van der Waals surface area contributed by atoms with Crippen molar-refractivity contribution in [2.45, 2.75) is 63.3 Å². The molecule has 0 aliphatic heterocycles. The normalized spacial score (nSPS) is 14.9. The van der Waals surface area contributed by atoms with Crippen LogP contribution in [0.4, 0.5) is 0 Å². The molecule has 0 saturated heterocycles. The van der Waals surface area contributed by atoms with Crippen molar-refractivity contribution in [3.05, 3.63) is 59.2 Å². The molecule has 1 amide bonds. The largest absolute Gasteiger partial charge is 0.494 e. The van der Waals surface area contributed by atoms with Crippen LogP contribution in [0, 0.1) is 6.92 Å². The maximum absolute atomic E-state index is 12.6. The summed E-state index contributed by atoms with van der Waals surface area (Å²) in [6.45, 7) is 4.90. The summed E-state index contributed by atoms with van der Waals surface area (Å²) in [6, 6.07) is 12.3. The van der Waals surface area contributed by atoms with Gasteiger partial charge >= 0.3 is 0 Å². The molecule has 2 aromatic carbocycles. The zero-order valence-electron chi connectivity index (χ0n) is 18.3. The van der Waals surface area contributed by atoms with Crippen LogP contribution in [0.5, 0.6) is 5.75 Å². The first-order valence-corrected chi connectivity index (χ1v) is 12.5. The number of amides is 1. The van der Waals surface area contributed by atoms with Crippen LogP contribution in [0.3, 0.4) is 0 Å². The maximum Gasteiger partial charge on any atom is 0.251 e. The average molecular weight is 445 g/mol. The first kappa shape index (κ1) is 23.3. The van der Waals surface area contributed by atoms with E-state index in [4.69, 9.17) is 4.74 Å². The van der Waals surface area contributed by atoms with Crippen molar-refractivity contribution >= 4 is 15.9 Å². The maximum atomic E-state index is 12.6. The average Bonchev–Trinajstić information content (AvgIpc) is 2.76. The van der Waals surface area contributed by atoms with Gasteiger partial charge in [-0.3, -0.25) is 4.79 Å². The van der Waals surface area contributed by atoms with Crippen LogP contribution in [0.2, 0.25) is 0 Å². The summed E-state index contributed by atoms with van der Waals surface area (Å²) in [4.78, 5) is 12.7. The lowest BCUT2D eigenvalue weighted by molar-refractivity contribution is 0.0954. The Bertz CT molecular complexity index is 981. The van der Waals surface area contributed by atoms with Gasteiger partial charge in [0, 0.05) is 18.2 Å². The van der Waals surface area contributed by atoms with E-state index in [1.165, 1.54) is 6.42 Å². The molecule has 0 radical (unpaired) electrons. The van der Waals surface area contributed by atoms with Crippen molar-refractivity contribution in [3.8, 4) is 5.75 Å². The second kappa shape index (κ2) is 10.8. The summed E-state index contributed by atoms with van der Waals surface area (Å²) in [7, 11) is -3.49. The van der Waals surface area contributed by atoms with E-state index in [0.717, 1.165) is 42.6 Å². The van der Waals surface area contributed by atoms with Crippen molar-refractivity contribution in [3.63, 3.8) is 0 Å². The molecule has 0 aromatic heterocycles. The van der Waals surface area contributed by atoms with E-state index in [1.54, 1.807) is 18.2 Å². The Balaban J connectivity index is 1.51. The topological polar surface area (TPSA) is 84.5 Å². The van der Waals surface area contributed by atoms with Gasteiger partial charge in [0.25, 0.3) is 5.91 Å². The third kappa shape index (κ3) is 6.55. The van der Waals surface area contributed by atoms with Gasteiger partial charge < -0.3 is 10.1 Å². The number of aryl methyl sites for hydroxylation is 1. The van der Waals surface area contributed by atoms with Crippen LogP contribution < -0.4 is 14.8 Å². The molecule has 168 valence electrons. The molecule has 2 aromatic rings. The van der Waals surface area contributed by atoms with Gasteiger partial charge in [-0.15, -0.1) is 0 Å². The molecule has 2 N–H and O–H groups in total. The van der Waals surface area contributed by atoms with Crippen molar-refractivity contribution < 1.29 is 17.9 Å². The summed E-state index contributed by atoms with van der Waals surface area (Å²) in [6.07, 6.45) is 5.78. The monoisotopic (exact) mass is 444 g/mol. The Morgan fingerprint density at radius 3 is 2.42 bits per heavy atom. The van der Waals surface area contributed by atoms with Crippen LogP contribution in [0.15, 0.2) is 47.4 Å². The number of hydrogen-bond acceptors (Lipinski definition) is 4. The SMILES string of the molecule is CCOc1ccc(C(=O)NCCc2ccc(S(=O)(=O)NC3CCCCC3)cc2)cc1C. The molecular formula is C24H32N2O4S. The Labute approximate surface area is 185 Å². The van der Waals surface area contributed by atoms with Crippen LogP contribution in [0.25, 0.3) is 0 Å². The molecule has 0 bridgehead atoms. The van der Waals surface area contributed by atoms with Gasteiger partial charge in [-0.25, -0.2) is 13.1 Å². The van der Waals surface area contributed by atoms with Crippen molar-refractivity contribution in [1.82, 2.24) is 10.0 Å². The lowest BCUT2D eigenvalue weighted by atomic mass is 9.96. The van der Waals surface area contributed by atoms with Crippen molar-refractivity contribution in [2.75, 3.05) is 13.2 Å². The first-order chi connectivity index (χ1) is 14.9. The smallest absolute Gasteiger partial charge is 0.251 e. The number of carbonyl (C=O) groups is 1. The molecule has 0 heterocycles. The van der Waals surface area contributed by atoms with Crippen LogP contribution in [-0.2, 0) is 16.4 Å². The molecule has 1 aliphatic rings. The van der Waals surface area contributed by atoms with Gasteiger partial charge in [0.05, 0.1) is 11.5 Å². The predicted octanol–water partition coefficient (Wildman–Crippen LogP) is 3.98. The lowest BCUT2D eigenvalue weighted by Gasteiger charge is -2.22.